The first-order chi connectivity index (χ1) is 19.8. The van der Waals surface area contributed by atoms with Crippen LogP contribution in [0.25, 0.3) is 0 Å². The molecule has 4 rings (SSSR count). The molecule has 0 unspecified atom stereocenters. The normalized spacial score (nSPS) is 17.0. The van der Waals surface area contributed by atoms with Crippen LogP contribution in [0.1, 0.15) is 46.8 Å². The molecule has 6 N–H and O–H groups in total. The second-order valence-electron chi connectivity index (χ2n) is 10.7. The van der Waals surface area contributed by atoms with Crippen molar-refractivity contribution in [2.24, 2.45) is 0 Å². The molecule has 1 aliphatic heterocycles. The largest absolute Gasteiger partial charge is 0.390 e. The third-order valence-electron chi connectivity index (χ3n) is 7.50. The van der Waals surface area contributed by atoms with E-state index in [-0.39, 0.29) is 5.91 Å². The van der Waals surface area contributed by atoms with Crippen LogP contribution in [0.2, 0.25) is 0 Å². The van der Waals surface area contributed by atoms with Gasteiger partial charge in [0.1, 0.15) is 0 Å². The van der Waals surface area contributed by atoms with Gasteiger partial charge < -0.3 is 21.1 Å². The lowest BCUT2D eigenvalue weighted by molar-refractivity contribution is 0.0831. The van der Waals surface area contributed by atoms with E-state index in [1.807, 2.05) is 55.5 Å². The molecule has 41 heavy (non-hydrogen) atoms. The fraction of sp³-hybridized carbons (Fsp3) is 0.406. The van der Waals surface area contributed by atoms with E-state index in [9.17, 15) is 19.0 Å². The number of hydrogen-bond donors (Lipinski definition) is 6. The third kappa shape index (κ3) is 8.70. The van der Waals surface area contributed by atoms with E-state index in [1.54, 1.807) is 16.4 Å². The Hall–Kier alpha value is -3.08. The number of aliphatic hydroxyl groups is 1. The molecule has 3 aromatic carbocycles. The van der Waals surface area contributed by atoms with Gasteiger partial charge in [0, 0.05) is 30.9 Å². The van der Waals surface area contributed by atoms with Crippen LogP contribution < -0.4 is 20.3 Å². The molecular formula is C32H44N4O4S. The third-order valence-corrected chi connectivity index (χ3v) is 9.43. The first kappa shape index (κ1) is 30.9. The molecule has 2 atom stereocenters. The van der Waals surface area contributed by atoms with Crippen molar-refractivity contribution in [3.63, 3.8) is 0 Å². The number of benzene rings is 3. The van der Waals surface area contributed by atoms with Crippen LogP contribution in [-0.4, -0.2) is 64.2 Å². The summed E-state index contributed by atoms with van der Waals surface area (Å²) in [4.78, 5) is 13.6. The molecule has 1 saturated heterocycles. The first-order valence-electron chi connectivity index (χ1n) is 14.5. The Bertz CT molecular complexity index is 1270. The van der Waals surface area contributed by atoms with Crippen molar-refractivity contribution >= 4 is 28.1 Å². The number of carbonyl (C=O) groups excluding carboxylic acids is 1. The summed E-state index contributed by atoms with van der Waals surface area (Å²) in [6.07, 6.45) is 2.12. The van der Waals surface area contributed by atoms with Gasteiger partial charge in [0.05, 0.1) is 23.6 Å². The van der Waals surface area contributed by atoms with Crippen LogP contribution in [-0.2, 0) is 12.8 Å². The maximum absolute atomic E-state index is 13.6. The van der Waals surface area contributed by atoms with Crippen molar-refractivity contribution < 1.29 is 19.0 Å². The standard InChI is InChI=1S/C32H44N4O4S/c1-3-34-28-20-27(21-29(22-28)36-17-9-10-18-41(36,39)40)32(38)35-30(19-25-12-5-4-6-13-25)31(37)23-33-16-15-26-14-8-7-11-24(26)2/h4-8,11-14,20-22,30-31,33-34,37,39-40H,3,9-10,15-19,23H2,1-2H3,(H,35,38)/t30-,31+/m0/s1. The van der Waals surface area contributed by atoms with Crippen molar-refractivity contribution in [2.45, 2.75) is 51.7 Å². The minimum absolute atomic E-state index is 0.320. The van der Waals surface area contributed by atoms with E-state index in [1.165, 1.54) is 11.1 Å². The molecular weight excluding hydrogens is 536 g/mol. The Morgan fingerprint density at radius 3 is 2.51 bits per heavy atom. The van der Waals surface area contributed by atoms with Gasteiger partial charge in [0.15, 0.2) is 0 Å². The van der Waals surface area contributed by atoms with E-state index in [0.717, 1.165) is 30.5 Å². The predicted molar refractivity (Wildman–Crippen MR) is 170 cm³/mol. The molecule has 8 nitrogen and oxygen atoms in total. The van der Waals surface area contributed by atoms with E-state index in [0.29, 0.717) is 49.6 Å². The molecule has 9 heteroatoms. The van der Waals surface area contributed by atoms with Crippen molar-refractivity contribution in [2.75, 3.05) is 41.6 Å². The topological polar surface area (TPSA) is 117 Å². The van der Waals surface area contributed by atoms with E-state index in [2.05, 4.69) is 35.0 Å². The van der Waals surface area contributed by atoms with Crippen LogP contribution in [0.5, 0.6) is 0 Å². The quantitative estimate of drug-likeness (QED) is 0.153. The van der Waals surface area contributed by atoms with E-state index in [4.69, 9.17) is 0 Å². The highest BCUT2D eigenvalue weighted by molar-refractivity contribution is 8.25. The number of hydrogen-bond acceptors (Lipinski definition) is 7. The first-order valence-corrected chi connectivity index (χ1v) is 16.1. The minimum Gasteiger partial charge on any atom is -0.390 e. The van der Waals surface area contributed by atoms with Crippen LogP contribution in [0.15, 0.2) is 72.8 Å². The molecule has 0 aromatic heterocycles. The summed E-state index contributed by atoms with van der Waals surface area (Å²) in [6, 6.07) is 22.9. The number of aryl methyl sites for hydroxylation is 1. The molecule has 0 saturated carbocycles. The number of carbonyl (C=O) groups is 1. The summed E-state index contributed by atoms with van der Waals surface area (Å²) >= 11 is 0. The number of nitrogens with one attached hydrogen (secondary N) is 3. The van der Waals surface area contributed by atoms with Gasteiger partial charge in [-0.25, -0.2) is 0 Å². The van der Waals surface area contributed by atoms with Gasteiger partial charge >= 0.3 is 0 Å². The van der Waals surface area contributed by atoms with Crippen LogP contribution >= 0.6 is 10.8 Å². The van der Waals surface area contributed by atoms with Gasteiger partial charge in [-0.1, -0.05) is 54.6 Å². The average molecular weight is 581 g/mol. The molecule has 1 amide bonds. The van der Waals surface area contributed by atoms with Crippen LogP contribution in [0.4, 0.5) is 11.4 Å². The van der Waals surface area contributed by atoms with Gasteiger partial charge in [0.2, 0.25) is 0 Å². The summed E-state index contributed by atoms with van der Waals surface area (Å²) in [5.41, 5.74) is 5.26. The van der Waals surface area contributed by atoms with Crippen molar-refractivity contribution in [3.05, 3.63) is 95.1 Å². The highest BCUT2D eigenvalue weighted by Crippen LogP contribution is 2.50. The maximum atomic E-state index is 13.6. The Labute approximate surface area is 245 Å². The van der Waals surface area contributed by atoms with Crippen LogP contribution in [0.3, 0.4) is 0 Å². The van der Waals surface area contributed by atoms with Gasteiger partial charge in [-0.05, 0) is 81.0 Å². The second-order valence-corrected chi connectivity index (χ2v) is 12.8. The molecule has 222 valence electrons. The highest BCUT2D eigenvalue weighted by atomic mass is 32.3. The zero-order valence-corrected chi connectivity index (χ0v) is 24.9. The van der Waals surface area contributed by atoms with Crippen LogP contribution in [0, 0.1) is 6.92 Å². The lowest BCUT2D eigenvalue weighted by atomic mass is 10.00. The molecule has 1 fully saturated rings. The molecule has 3 aromatic rings. The predicted octanol–water partition coefficient (Wildman–Crippen LogP) is 5.23. The minimum atomic E-state index is -2.94. The molecule has 0 bridgehead atoms. The SMILES string of the molecule is CCNc1cc(C(=O)N[C@@H](Cc2ccccc2)[C@H](O)CNCCc2ccccc2C)cc(N2CCCCS2(O)O)c1. The van der Waals surface area contributed by atoms with Crippen molar-refractivity contribution in [3.8, 4) is 0 Å². The Balaban J connectivity index is 1.49. The number of nitrogens with zero attached hydrogens (tertiary/aromatic N) is 1. The zero-order valence-electron chi connectivity index (χ0n) is 24.1. The monoisotopic (exact) mass is 580 g/mol. The summed E-state index contributed by atoms with van der Waals surface area (Å²) in [7, 11) is -2.94. The molecule has 1 aliphatic rings. The van der Waals surface area contributed by atoms with Gasteiger partial charge in [0.25, 0.3) is 5.91 Å². The fourth-order valence-corrected chi connectivity index (χ4v) is 6.88. The number of amides is 1. The number of anilines is 2. The molecule has 0 spiro atoms. The number of aliphatic hydroxyl groups excluding tert-OH is 1. The Morgan fingerprint density at radius 1 is 1.02 bits per heavy atom. The summed E-state index contributed by atoms with van der Waals surface area (Å²) in [6.45, 7) is 6.29. The summed E-state index contributed by atoms with van der Waals surface area (Å²) < 4.78 is 23.1. The van der Waals surface area contributed by atoms with E-state index >= 15 is 0 Å². The highest BCUT2D eigenvalue weighted by Gasteiger charge is 2.28. The van der Waals surface area contributed by atoms with Crippen molar-refractivity contribution in [1.82, 2.24) is 10.6 Å². The Morgan fingerprint density at radius 2 is 1.78 bits per heavy atom. The van der Waals surface area contributed by atoms with Gasteiger partial charge in [-0.15, -0.1) is 10.8 Å². The maximum Gasteiger partial charge on any atom is 0.251 e. The summed E-state index contributed by atoms with van der Waals surface area (Å²) in [5.74, 6) is 0.00156. The lowest BCUT2D eigenvalue weighted by Crippen LogP contribution is -2.49. The molecule has 1 heterocycles. The molecule has 0 radical (unpaired) electrons. The van der Waals surface area contributed by atoms with Gasteiger partial charge in [-0.2, -0.15) is 0 Å². The van der Waals surface area contributed by atoms with E-state index < -0.39 is 22.9 Å². The van der Waals surface area contributed by atoms with Gasteiger partial charge in [-0.3, -0.25) is 18.2 Å². The lowest BCUT2D eigenvalue weighted by Gasteiger charge is -2.47. The zero-order chi connectivity index (χ0) is 29.2. The Kier molecular flexibility index (Phi) is 11.1. The van der Waals surface area contributed by atoms with Crippen molar-refractivity contribution in [1.29, 1.82) is 0 Å². The average Bonchev–Trinajstić information content (AvgIpc) is 2.96. The molecule has 0 aliphatic carbocycles. The fourth-order valence-electron chi connectivity index (χ4n) is 5.21. The number of rotatable bonds is 13. The summed E-state index contributed by atoms with van der Waals surface area (Å²) in [5, 5.41) is 20.9. The second kappa shape index (κ2) is 14.7. The smallest absolute Gasteiger partial charge is 0.251 e.